The highest BCUT2D eigenvalue weighted by Gasteiger charge is 2.35. The fourth-order valence-electron chi connectivity index (χ4n) is 2.85. The molecule has 112 valence electrons. The summed E-state index contributed by atoms with van der Waals surface area (Å²) in [6.45, 7) is 5.43. The van der Waals surface area contributed by atoms with Crippen LogP contribution in [0.15, 0.2) is 6.07 Å². The van der Waals surface area contributed by atoms with E-state index in [-0.39, 0.29) is 11.9 Å². The van der Waals surface area contributed by atoms with Crippen LogP contribution >= 0.6 is 11.3 Å². The lowest BCUT2D eigenvalue weighted by atomic mass is 10.2. The van der Waals surface area contributed by atoms with Crippen LogP contribution in [0.5, 0.6) is 0 Å². The molecule has 1 aliphatic heterocycles. The van der Waals surface area contributed by atoms with Crippen LogP contribution in [-0.4, -0.2) is 60.1 Å². The molecule has 1 saturated heterocycles. The zero-order chi connectivity index (χ0) is 14.9. The maximum atomic E-state index is 12.7. The lowest BCUT2D eigenvalue weighted by Gasteiger charge is -2.26. The minimum absolute atomic E-state index is 0.0706. The van der Waals surface area contributed by atoms with Gasteiger partial charge in [0.25, 0.3) is 5.91 Å². The number of hydrogen-bond acceptors (Lipinski definition) is 4. The van der Waals surface area contributed by atoms with Gasteiger partial charge < -0.3 is 14.9 Å². The van der Waals surface area contributed by atoms with Crippen LogP contribution in [0.1, 0.15) is 33.5 Å². The first-order valence-electron chi connectivity index (χ1n) is 7.15. The Bertz CT molecular complexity index is 484. The van der Waals surface area contributed by atoms with Gasteiger partial charge in [-0.25, -0.2) is 0 Å². The number of aryl methyl sites for hydroxylation is 2. The van der Waals surface area contributed by atoms with Crippen molar-refractivity contribution >= 4 is 17.2 Å². The smallest absolute Gasteiger partial charge is 0.264 e. The third kappa shape index (κ3) is 3.22. The third-order valence-corrected chi connectivity index (χ3v) is 4.92. The van der Waals surface area contributed by atoms with Crippen LogP contribution < -0.4 is 0 Å². The van der Waals surface area contributed by atoms with Gasteiger partial charge in [-0.2, -0.15) is 0 Å². The van der Waals surface area contributed by atoms with Crippen molar-refractivity contribution < 1.29 is 9.90 Å². The van der Waals surface area contributed by atoms with Gasteiger partial charge in [-0.3, -0.25) is 4.79 Å². The van der Waals surface area contributed by atoms with Gasteiger partial charge in [-0.1, -0.05) is 6.92 Å². The molecule has 1 N–H and O–H groups in total. The number of rotatable bonds is 4. The number of nitrogens with zero attached hydrogens (tertiary/aromatic N) is 2. The fraction of sp³-hybridized carbons (Fsp3) is 0.667. The van der Waals surface area contributed by atoms with Crippen molar-refractivity contribution in [1.82, 2.24) is 9.80 Å². The Labute approximate surface area is 125 Å². The van der Waals surface area contributed by atoms with Crippen molar-refractivity contribution in [1.29, 1.82) is 0 Å². The Hall–Kier alpha value is -0.910. The highest BCUT2D eigenvalue weighted by atomic mass is 32.1. The van der Waals surface area contributed by atoms with E-state index in [9.17, 15) is 9.90 Å². The van der Waals surface area contributed by atoms with Gasteiger partial charge in [-0.05, 0) is 45.5 Å². The second-order valence-electron chi connectivity index (χ2n) is 5.81. The molecule has 0 saturated carbocycles. The predicted octanol–water partition coefficient (Wildman–Crippen LogP) is 1.76. The van der Waals surface area contributed by atoms with Gasteiger partial charge in [0.05, 0.1) is 11.0 Å². The number of aliphatic hydroxyl groups is 1. The number of β-amino-alcohol motifs (C(OH)–C–C–N with tert-alkyl or cyclic N) is 1. The number of carbonyl (C=O) groups excluding carboxylic acids is 1. The lowest BCUT2D eigenvalue weighted by molar-refractivity contribution is 0.0704. The van der Waals surface area contributed by atoms with E-state index in [0.29, 0.717) is 13.0 Å². The van der Waals surface area contributed by atoms with E-state index in [0.717, 1.165) is 17.8 Å². The Morgan fingerprint density at radius 3 is 2.80 bits per heavy atom. The van der Waals surface area contributed by atoms with Crippen molar-refractivity contribution in [3.05, 3.63) is 21.4 Å². The van der Waals surface area contributed by atoms with Crippen molar-refractivity contribution in [2.24, 2.45) is 0 Å². The van der Waals surface area contributed by atoms with Gasteiger partial charge in [0.1, 0.15) is 0 Å². The minimum atomic E-state index is -0.393. The van der Waals surface area contributed by atoms with Crippen LogP contribution in [0.4, 0.5) is 0 Å². The largest absolute Gasteiger partial charge is 0.391 e. The van der Waals surface area contributed by atoms with Crippen molar-refractivity contribution in [3.8, 4) is 0 Å². The molecule has 1 aliphatic rings. The summed E-state index contributed by atoms with van der Waals surface area (Å²) in [5, 5.41) is 9.88. The molecule has 2 heterocycles. The van der Waals surface area contributed by atoms with E-state index in [1.165, 1.54) is 10.4 Å². The summed E-state index contributed by atoms with van der Waals surface area (Å²) in [5.41, 5.74) is 1.25. The normalized spacial score (nSPS) is 22.8. The van der Waals surface area contributed by atoms with E-state index >= 15 is 0 Å². The number of thiophene rings is 1. The van der Waals surface area contributed by atoms with Gasteiger partial charge in [0.15, 0.2) is 0 Å². The Morgan fingerprint density at radius 2 is 2.25 bits per heavy atom. The predicted molar refractivity (Wildman–Crippen MR) is 82.4 cm³/mol. The Balaban J connectivity index is 2.17. The number of aliphatic hydroxyl groups excluding tert-OH is 1. The number of amides is 1. The summed E-state index contributed by atoms with van der Waals surface area (Å²) in [4.78, 5) is 18.6. The molecule has 1 amide bonds. The highest BCUT2D eigenvalue weighted by Crippen LogP contribution is 2.27. The second kappa shape index (κ2) is 6.24. The number of hydrogen-bond donors (Lipinski definition) is 1. The molecule has 1 fully saturated rings. The zero-order valence-corrected chi connectivity index (χ0v) is 13.5. The maximum absolute atomic E-state index is 12.7. The molecule has 1 aromatic rings. The Morgan fingerprint density at radius 1 is 1.55 bits per heavy atom. The molecular weight excluding hydrogens is 272 g/mol. The molecule has 1 aromatic heterocycles. The summed E-state index contributed by atoms with van der Waals surface area (Å²) in [6, 6.07) is 2.12. The Kier molecular flexibility index (Phi) is 4.83. The van der Waals surface area contributed by atoms with Gasteiger partial charge in [0.2, 0.25) is 0 Å². The first-order chi connectivity index (χ1) is 9.42. The van der Waals surface area contributed by atoms with Crippen LogP contribution in [-0.2, 0) is 6.42 Å². The van der Waals surface area contributed by atoms with E-state index in [1.54, 1.807) is 11.3 Å². The van der Waals surface area contributed by atoms with Crippen LogP contribution in [0.25, 0.3) is 0 Å². The molecule has 2 rings (SSSR count). The molecule has 0 bridgehead atoms. The molecule has 0 radical (unpaired) electrons. The molecular formula is C15H24N2O2S. The maximum Gasteiger partial charge on any atom is 0.264 e. The number of likely N-dealkylation sites (N-methyl/N-ethyl adjacent to an activating group) is 1. The zero-order valence-electron chi connectivity index (χ0n) is 12.7. The lowest BCUT2D eigenvalue weighted by Crippen LogP contribution is -2.41. The van der Waals surface area contributed by atoms with Crippen LogP contribution in [0, 0.1) is 6.92 Å². The van der Waals surface area contributed by atoms with E-state index in [2.05, 4.69) is 18.7 Å². The van der Waals surface area contributed by atoms with Crippen molar-refractivity contribution in [3.63, 3.8) is 0 Å². The molecule has 0 aromatic carbocycles. The average Bonchev–Trinajstić information content (AvgIpc) is 2.91. The molecule has 0 aliphatic carbocycles. The molecule has 5 heteroatoms. The first kappa shape index (κ1) is 15.5. The summed E-state index contributed by atoms with van der Waals surface area (Å²) >= 11 is 1.57. The fourth-order valence-corrected chi connectivity index (χ4v) is 3.92. The molecule has 0 spiro atoms. The summed E-state index contributed by atoms with van der Waals surface area (Å²) in [6.07, 6.45) is 1.24. The highest BCUT2D eigenvalue weighted by molar-refractivity contribution is 7.14. The SMILES string of the molecule is CCc1cc(C(=O)N2CC(O)CC2CN(C)C)sc1C. The summed E-state index contributed by atoms with van der Waals surface area (Å²) in [7, 11) is 4.00. The first-order valence-corrected chi connectivity index (χ1v) is 7.97. The van der Waals surface area contributed by atoms with E-state index < -0.39 is 6.10 Å². The topological polar surface area (TPSA) is 43.8 Å². The molecule has 2 atom stereocenters. The third-order valence-electron chi connectivity index (χ3n) is 3.84. The molecule has 20 heavy (non-hydrogen) atoms. The van der Waals surface area contributed by atoms with Crippen LogP contribution in [0.3, 0.4) is 0 Å². The van der Waals surface area contributed by atoms with E-state index in [1.807, 2.05) is 25.1 Å². The average molecular weight is 296 g/mol. The van der Waals surface area contributed by atoms with Gasteiger partial charge in [0, 0.05) is 24.0 Å². The standard InChI is InChI=1S/C15H24N2O2S/c1-5-11-6-14(20-10(11)2)15(19)17-9-13(18)7-12(17)8-16(3)4/h6,12-13,18H,5,7-9H2,1-4H3. The summed E-state index contributed by atoms with van der Waals surface area (Å²) < 4.78 is 0. The van der Waals surface area contributed by atoms with Crippen molar-refractivity contribution in [2.45, 2.75) is 38.8 Å². The minimum Gasteiger partial charge on any atom is -0.391 e. The quantitative estimate of drug-likeness (QED) is 0.921. The van der Waals surface area contributed by atoms with Crippen LogP contribution in [0.2, 0.25) is 0 Å². The summed E-state index contributed by atoms with van der Waals surface area (Å²) in [5.74, 6) is 0.0706. The van der Waals surface area contributed by atoms with Gasteiger partial charge in [-0.15, -0.1) is 11.3 Å². The number of carbonyl (C=O) groups is 1. The number of likely N-dealkylation sites (tertiary alicyclic amines) is 1. The molecule has 4 nitrogen and oxygen atoms in total. The van der Waals surface area contributed by atoms with Gasteiger partial charge >= 0.3 is 0 Å². The second-order valence-corrected chi connectivity index (χ2v) is 7.07. The molecule has 2 unspecified atom stereocenters. The van der Waals surface area contributed by atoms with Crippen molar-refractivity contribution in [2.75, 3.05) is 27.2 Å². The van der Waals surface area contributed by atoms with E-state index in [4.69, 9.17) is 0 Å². The monoisotopic (exact) mass is 296 g/mol.